The maximum absolute atomic E-state index is 13.4. The molecule has 33 heavy (non-hydrogen) atoms. The molecular formula is C25H17FN4O3. The Morgan fingerprint density at radius 2 is 1.76 bits per heavy atom. The molecule has 0 radical (unpaired) electrons. The van der Waals surface area contributed by atoms with Crippen LogP contribution in [0.15, 0.2) is 78.9 Å². The standard InChI is InChI=1S/C25H17FN4O3/c26-15-4-3-5-17(12-15)33-16-10-8-14(9-11-16)23-22-21(29-30-24(22)27)13-20(28-23)18-6-1-2-7-19(18)25(31)32/h1-13H,(H,31,32)(H3,27,29,30). The monoisotopic (exact) mass is 440 g/mol. The molecule has 0 unspecified atom stereocenters. The van der Waals surface area contributed by atoms with Crippen molar-refractivity contribution in [3.63, 3.8) is 0 Å². The van der Waals surface area contributed by atoms with Gasteiger partial charge in [0.25, 0.3) is 0 Å². The number of aromatic nitrogens is 3. The Bertz CT molecular complexity index is 1500. The molecule has 0 spiro atoms. The number of nitrogens with two attached hydrogens (primary N) is 1. The smallest absolute Gasteiger partial charge is 0.336 e. The Labute approximate surface area is 187 Å². The molecule has 8 heteroatoms. The Hall–Kier alpha value is -4.72. The van der Waals surface area contributed by atoms with Gasteiger partial charge >= 0.3 is 5.97 Å². The highest BCUT2D eigenvalue weighted by Crippen LogP contribution is 2.35. The first-order valence-corrected chi connectivity index (χ1v) is 10.0. The summed E-state index contributed by atoms with van der Waals surface area (Å²) in [5, 5.41) is 17.2. The van der Waals surface area contributed by atoms with Crippen molar-refractivity contribution in [3.8, 4) is 34.0 Å². The topological polar surface area (TPSA) is 114 Å². The summed E-state index contributed by atoms with van der Waals surface area (Å²) in [5.74, 6) is -0.241. The highest BCUT2D eigenvalue weighted by atomic mass is 19.1. The van der Waals surface area contributed by atoms with Crippen LogP contribution >= 0.6 is 0 Å². The summed E-state index contributed by atoms with van der Waals surface area (Å²) in [4.78, 5) is 16.5. The van der Waals surface area contributed by atoms with Crippen molar-refractivity contribution in [1.29, 1.82) is 0 Å². The van der Waals surface area contributed by atoms with Crippen molar-refractivity contribution in [3.05, 3.63) is 90.2 Å². The van der Waals surface area contributed by atoms with Crippen LogP contribution < -0.4 is 10.5 Å². The van der Waals surface area contributed by atoms with Gasteiger partial charge in [-0.3, -0.25) is 5.10 Å². The number of aromatic amines is 1. The molecule has 5 rings (SSSR count). The highest BCUT2D eigenvalue weighted by molar-refractivity contribution is 6.03. The first kappa shape index (κ1) is 20.2. The number of anilines is 1. The molecular weight excluding hydrogens is 423 g/mol. The maximum atomic E-state index is 13.4. The van der Waals surface area contributed by atoms with Crippen LogP contribution in [0.5, 0.6) is 11.5 Å². The van der Waals surface area contributed by atoms with E-state index >= 15 is 0 Å². The number of hydrogen-bond donors (Lipinski definition) is 3. The highest BCUT2D eigenvalue weighted by Gasteiger charge is 2.18. The fourth-order valence-electron chi connectivity index (χ4n) is 3.66. The summed E-state index contributed by atoms with van der Waals surface area (Å²) in [6.07, 6.45) is 0. The van der Waals surface area contributed by atoms with E-state index in [-0.39, 0.29) is 17.2 Å². The van der Waals surface area contributed by atoms with Crippen molar-refractivity contribution in [2.75, 3.05) is 5.73 Å². The van der Waals surface area contributed by atoms with Gasteiger partial charge in [-0.2, -0.15) is 5.10 Å². The number of fused-ring (bicyclic) bond motifs is 1. The zero-order chi connectivity index (χ0) is 22.9. The fraction of sp³-hybridized carbons (Fsp3) is 0. The third-order valence-electron chi connectivity index (χ3n) is 5.17. The number of ether oxygens (including phenoxy) is 1. The van der Waals surface area contributed by atoms with E-state index in [1.54, 1.807) is 60.7 Å². The average Bonchev–Trinajstić information content (AvgIpc) is 3.20. The number of carbonyl (C=O) groups is 1. The van der Waals surface area contributed by atoms with Gasteiger partial charge in [0.05, 0.1) is 27.9 Å². The molecule has 0 bridgehead atoms. The summed E-state index contributed by atoms with van der Waals surface area (Å²) >= 11 is 0. The molecule has 5 aromatic rings. The van der Waals surface area contributed by atoms with Crippen molar-refractivity contribution in [1.82, 2.24) is 15.2 Å². The number of hydrogen-bond acceptors (Lipinski definition) is 5. The van der Waals surface area contributed by atoms with Gasteiger partial charge in [0, 0.05) is 17.2 Å². The molecule has 0 atom stereocenters. The molecule has 2 heterocycles. The van der Waals surface area contributed by atoms with Crippen LogP contribution in [0, 0.1) is 5.82 Å². The van der Waals surface area contributed by atoms with E-state index in [2.05, 4.69) is 10.2 Å². The number of carboxylic acids is 1. The van der Waals surface area contributed by atoms with Crippen molar-refractivity contribution >= 4 is 22.7 Å². The zero-order valence-corrected chi connectivity index (χ0v) is 17.1. The number of H-pyrrole nitrogens is 1. The van der Waals surface area contributed by atoms with Gasteiger partial charge in [0.1, 0.15) is 17.3 Å². The number of nitrogens with one attached hydrogen (secondary N) is 1. The maximum Gasteiger partial charge on any atom is 0.336 e. The van der Waals surface area contributed by atoms with Gasteiger partial charge in [-0.1, -0.05) is 24.3 Å². The number of pyridine rings is 1. The van der Waals surface area contributed by atoms with Crippen LogP contribution in [0.3, 0.4) is 0 Å². The van der Waals surface area contributed by atoms with Gasteiger partial charge in [0.2, 0.25) is 0 Å². The van der Waals surface area contributed by atoms with Gasteiger partial charge in [-0.25, -0.2) is 14.2 Å². The van der Waals surface area contributed by atoms with Gasteiger partial charge < -0.3 is 15.6 Å². The lowest BCUT2D eigenvalue weighted by atomic mass is 10.0. The second-order valence-corrected chi connectivity index (χ2v) is 7.32. The number of nitrogen functional groups attached to an aromatic ring is 1. The number of nitrogens with zero attached hydrogens (tertiary/aromatic N) is 2. The summed E-state index contributed by atoms with van der Waals surface area (Å²) in [7, 11) is 0. The molecule has 2 aromatic heterocycles. The molecule has 3 aromatic carbocycles. The number of aromatic carboxylic acids is 1. The molecule has 0 amide bonds. The van der Waals surface area contributed by atoms with E-state index in [0.29, 0.717) is 39.4 Å². The van der Waals surface area contributed by atoms with Crippen LogP contribution in [0.2, 0.25) is 0 Å². The normalized spacial score (nSPS) is 10.9. The Morgan fingerprint density at radius 3 is 2.52 bits per heavy atom. The summed E-state index contributed by atoms with van der Waals surface area (Å²) in [6.45, 7) is 0. The van der Waals surface area contributed by atoms with Crippen LogP contribution in [-0.2, 0) is 0 Å². The molecule has 0 aliphatic carbocycles. The van der Waals surface area contributed by atoms with Gasteiger partial charge in [-0.15, -0.1) is 0 Å². The van der Waals surface area contributed by atoms with Crippen LogP contribution in [-0.4, -0.2) is 26.3 Å². The Kier molecular flexibility index (Phi) is 4.95. The predicted molar refractivity (Wildman–Crippen MR) is 123 cm³/mol. The van der Waals surface area contributed by atoms with E-state index in [9.17, 15) is 14.3 Å². The second kappa shape index (κ2) is 8.08. The van der Waals surface area contributed by atoms with Crippen LogP contribution in [0.25, 0.3) is 33.4 Å². The molecule has 0 saturated carbocycles. The lowest BCUT2D eigenvalue weighted by molar-refractivity contribution is 0.0697. The van der Waals surface area contributed by atoms with Crippen molar-refractivity contribution < 1.29 is 19.0 Å². The minimum Gasteiger partial charge on any atom is -0.478 e. The van der Waals surface area contributed by atoms with Crippen molar-refractivity contribution in [2.45, 2.75) is 0 Å². The molecule has 162 valence electrons. The van der Waals surface area contributed by atoms with Gasteiger partial charge in [-0.05, 0) is 48.5 Å². The van der Waals surface area contributed by atoms with E-state index in [4.69, 9.17) is 15.5 Å². The van der Waals surface area contributed by atoms with Gasteiger partial charge in [0.15, 0.2) is 5.82 Å². The summed E-state index contributed by atoms with van der Waals surface area (Å²) < 4.78 is 19.1. The first-order chi connectivity index (χ1) is 16.0. The summed E-state index contributed by atoms with van der Waals surface area (Å²) in [5.41, 5.74) is 9.09. The number of halogens is 1. The van der Waals surface area contributed by atoms with Crippen LogP contribution in [0.1, 0.15) is 10.4 Å². The van der Waals surface area contributed by atoms with Crippen LogP contribution in [0.4, 0.5) is 10.2 Å². The van der Waals surface area contributed by atoms with E-state index in [1.807, 2.05) is 0 Å². The predicted octanol–water partition coefficient (Wildman–Crippen LogP) is 5.50. The molecule has 0 aliphatic heterocycles. The Morgan fingerprint density at radius 1 is 0.970 bits per heavy atom. The largest absolute Gasteiger partial charge is 0.478 e. The lowest BCUT2D eigenvalue weighted by Crippen LogP contribution is -2.01. The van der Waals surface area contributed by atoms with E-state index in [0.717, 1.165) is 5.56 Å². The molecule has 0 aliphatic rings. The molecule has 7 nitrogen and oxygen atoms in total. The SMILES string of the molecule is Nc1n[nH]c2cc(-c3ccccc3C(=O)O)nc(-c3ccc(Oc4cccc(F)c4)cc3)c12. The van der Waals surface area contributed by atoms with E-state index < -0.39 is 5.97 Å². The zero-order valence-electron chi connectivity index (χ0n) is 17.1. The summed E-state index contributed by atoms with van der Waals surface area (Å²) in [6, 6.07) is 21.3. The lowest BCUT2D eigenvalue weighted by Gasteiger charge is -2.11. The van der Waals surface area contributed by atoms with E-state index in [1.165, 1.54) is 18.2 Å². The average molecular weight is 440 g/mol. The number of rotatable bonds is 5. The first-order valence-electron chi connectivity index (χ1n) is 10.0. The second-order valence-electron chi connectivity index (χ2n) is 7.32. The minimum atomic E-state index is -1.04. The molecule has 0 fully saturated rings. The molecule has 4 N–H and O–H groups in total. The Balaban J connectivity index is 1.59. The number of carboxylic acid groups (broad SMARTS) is 1. The third kappa shape index (κ3) is 3.85. The number of benzene rings is 3. The quantitative estimate of drug-likeness (QED) is 0.332. The fourth-order valence-corrected chi connectivity index (χ4v) is 3.66. The van der Waals surface area contributed by atoms with Crippen molar-refractivity contribution in [2.24, 2.45) is 0 Å². The third-order valence-corrected chi connectivity index (χ3v) is 5.17. The minimum absolute atomic E-state index is 0.140. The molecule has 0 saturated heterocycles.